The van der Waals surface area contributed by atoms with Crippen molar-refractivity contribution in [2.75, 3.05) is 44.0 Å². The molecule has 188 valence electrons. The van der Waals surface area contributed by atoms with Crippen LogP contribution in [0.25, 0.3) is 11.1 Å². The number of amides is 1. The molecule has 0 radical (unpaired) electrons. The SMILES string of the molecule is COCCOc1nc(N)c2c(n1)N(Cc1cc(-c3cccc(CN4CCCC4)c3)ccc1Cl)C(=O)C2. The summed E-state index contributed by atoms with van der Waals surface area (Å²) in [6.07, 6.45) is 2.70. The van der Waals surface area contributed by atoms with E-state index in [-0.39, 0.29) is 37.3 Å². The van der Waals surface area contributed by atoms with Gasteiger partial charge in [0, 0.05) is 24.2 Å². The van der Waals surface area contributed by atoms with Crippen molar-refractivity contribution in [1.82, 2.24) is 14.9 Å². The molecule has 2 aliphatic rings. The molecule has 2 aromatic carbocycles. The molecule has 0 atom stereocenters. The van der Waals surface area contributed by atoms with Crippen molar-refractivity contribution in [2.24, 2.45) is 0 Å². The van der Waals surface area contributed by atoms with E-state index in [2.05, 4.69) is 39.1 Å². The second-order valence-corrected chi connectivity index (χ2v) is 9.59. The Morgan fingerprint density at radius 1 is 1.03 bits per heavy atom. The Morgan fingerprint density at radius 3 is 2.64 bits per heavy atom. The van der Waals surface area contributed by atoms with E-state index in [0.717, 1.165) is 36.3 Å². The van der Waals surface area contributed by atoms with Gasteiger partial charge in [-0.2, -0.15) is 9.97 Å². The lowest BCUT2D eigenvalue weighted by atomic mass is 10.0. The fraction of sp³-hybridized carbons (Fsp3) is 0.370. The summed E-state index contributed by atoms with van der Waals surface area (Å²) in [7, 11) is 1.59. The molecular formula is C27H30ClN5O3. The number of carbonyl (C=O) groups is 1. The summed E-state index contributed by atoms with van der Waals surface area (Å²) in [5.74, 6) is 0.612. The van der Waals surface area contributed by atoms with Crippen molar-refractivity contribution in [2.45, 2.75) is 32.4 Å². The third-order valence-electron chi connectivity index (χ3n) is 6.64. The number of carbonyl (C=O) groups excluding carboxylic acids is 1. The van der Waals surface area contributed by atoms with Gasteiger partial charge < -0.3 is 15.2 Å². The van der Waals surface area contributed by atoms with E-state index in [1.807, 2.05) is 18.2 Å². The molecule has 9 heteroatoms. The fourth-order valence-corrected chi connectivity index (χ4v) is 4.94. The van der Waals surface area contributed by atoms with Crippen molar-refractivity contribution in [3.05, 3.63) is 64.2 Å². The summed E-state index contributed by atoms with van der Waals surface area (Å²) in [5, 5.41) is 0.590. The molecule has 5 rings (SSSR count). The zero-order valence-corrected chi connectivity index (χ0v) is 21.1. The van der Waals surface area contributed by atoms with Crippen molar-refractivity contribution in [3.8, 4) is 17.1 Å². The molecule has 3 heterocycles. The van der Waals surface area contributed by atoms with Crippen LogP contribution < -0.4 is 15.4 Å². The van der Waals surface area contributed by atoms with Gasteiger partial charge in [0.25, 0.3) is 0 Å². The van der Waals surface area contributed by atoms with E-state index in [9.17, 15) is 4.79 Å². The van der Waals surface area contributed by atoms with Gasteiger partial charge in [0.2, 0.25) is 5.91 Å². The minimum absolute atomic E-state index is 0.103. The molecule has 1 saturated heterocycles. The van der Waals surface area contributed by atoms with Gasteiger partial charge in [0.05, 0.1) is 19.6 Å². The first-order valence-electron chi connectivity index (χ1n) is 12.2. The van der Waals surface area contributed by atoms with Crippen LogP contribution in [0.5, 0.6) is 6.01 Å². The Kier molecular flexibility index (Phi) is 7.36. The number of methoxy groups -OCH3 is 1. The molecule has 1 amide bonds. The number of hydrogen-bond donors (Lipinski definition) is 1. The predicted molar refractivity (Wildman–Crippen MR) is 140 cm³/mol. The molecule has 0 spiro atoms. The number of aromatic nitrogens is 2. The molecule has 3 aromatic rings. The zero-order chi connectivity index (χ0) is 25.1. The highest BCUT2D eigenvalue weighted by Gasteiger charge is 2.32. The number of ether oxygens (including phenoxy) is 2. The third kappa shape index (κ3) is 5.31. The van der Waals surface area contributed by atoms with Crippen LogP contribution in [0, 0.1) is 0 Å². The lowest BCUT2D eigenvalue weighted by Gasteiger charge is -2.19. The second-order valence-electron chi connectivity index (χ2n) is 9.18. The molecule has 0 saturated carbocycles. The Balaban J connectivity index is 1.39. The van der Waals surface area contributed by atoms with E-state index in [1.165, 1.54) is 18.4 Å². The van der Waals surface area contributed by atoms with Crippen LogP contribution in [0.1, 0.15) is 29.5 Å². The van der Waals surface area contributed by atoms with Gasteiger partial charge >= 0.3 is 6.01 Å². The van der Waals surface area contributed by atoms with E-state index >= 15 is 0 Å². The Labute approximate surface area is 216 Å². The summed E-state index contributed by atoms with van der Waals surface area (Å²) < 4.78 is 10.6. The molecule has 0 bridgehead atoms. The van der Waals surface area contributed by atoms with Gasteiger partial charge in [-0.15, -0.1) is 0 Å². The van der Waals surface area contributed by atoms with Gasteiger partial charge in [-0.3, -0.25) is 14.6 Å². The molecule has 2 aliphatic heterocycles. The first-order valence-corrected chi connectivity index (χ1v) is 12.6. The largest absolute Gasteiger partial charge is 0.461 e. The fourth-order valence-electron chi connectivity index (χ4n) is 4.76. The number of nitrogen functional groups attached to an aromatic ring is 1. The maximum atomic E-state index is 12.9. The first-order chi connectivity index (χ1) is 17.5. The summed E-state index contributed by atoms with van der Waals surface area (Å²) in [6, 6.07) is 14.7. The minimum atomic E-state index is -0.103. The Bertz CT molecular complexity index is 1260. The van der Waals surface area contributed by atoms with Crippen LogP contribution in [0.15, 0.2) is 42.5 Å². The number of nitrogens with zero attached hydrogens (tertiary/aromatic N) is 4. The number of hydrogen-bond acceptors (Lipinski definition) is 7. The lowest BCUT2D eigenvalue weighted by Crippen LogP contribution is -2.27. The molecule has 1 fully saturated rings. The number of benzene rings is 2. The average molecular weight is 508 g/mol. The number of fused-ring (bicyclic) bond motifs is 1. The van der Waals surface area contributed by atoms with Crippen LogP contribution in [0.2, 0.25) is 5.02 Å². The molecule has 36 heavy (non-hydrogen) atoms. The molecule has 2 N–H and O–H groups in total. The van der Waals surface area contributed by atoms with Gasteiger partial charge in [-0.25, -0.2) is 0 Å². The van der Waals surface area contributed by atoms with Crippen molar-refractivity contribution < 1.29 is 14.3 Å². The van der Waals surface area contributed by atoms with E-state index < -0.39 is 0 Å². The lowest BCUT2D eigenvalue weighted by molar-refractivity contribution is -0.117. The third-order valence-corrected chi connectivity index (χ3v) is 7.01. The molecule has 0 aliphatic carbocycles. The van der Waals surface area contributed by atoms with Crippen molar-refractivity contribution in [1.29, 1.82) is 0 Å². The monoisotopic (exact) mass is 507 g/mol. The topological polar surface area (TPSA) is 93.8 Å². The minimum Gasteiger partial charge on any atom is -0.461 e. The van der Waals surface area contributed by atoms with E-state index in [0.29, 0.717) is 23.0 Å². The van der Waals surface area contributed by atoms with E-state index in [1.54, 1.807) is 12.0 Å². The van der Waals surface area contributed by atoms with Crippen LogP contribution in [0.4, 0.5) is 11.6 Å². The molecule has 1 aromatic heterocycles. The molecule has 8 nitrogen and oxygen atoms in total. The number of halogens is 1. The summed E-state index contributed by atoms with van der Waals surface area (Å²) in [6.45, 7) is 4.24. The molecule has 0 unspecified atom stereocenters. The predicted octanol–water partition coefficient (Wildman–Crippen LogP) is 4.09. The second kappa shape index (κ2) is 10.8. The highest BCUT2D eigenvalue weighted by atomic mass is 35.5. The maximum absolute atomic E-state index is 12.9. The van der Waals surface area contributed by atoms with Crippen molar-refractivity contribution >= 4 is 29.1 Å². The summed E-state index contributed by atoms with van der Waals surface area (Å²) in [5.41, 5.74) is 11.0. The average Bonchev–Trinajstić information content (AvgIpc) is 3.49. The first kappa shape index (κ1) is 24.5. The highest BCUT2D eigenvalue weighted by Crippen LogP contribution is 2.35. The van der Waals surface area contributed by atoms with Crippen LogP contribution in [-0.2, 0) is 29.0 Å². The number of likely N-dealkylation sites (tertiary alicyclic amines) is 1. The quantitative estimate of drug-likeness (QED) is 0.436. The van der Waals surface area contributed by atoms with Gasteiger partial charge in [0.15, 0.2) is 0 Å². The van der Waals surface area contributed by atoms with Gasteiger partial charge in [0.1, 0.15) is 18.2 Å². The zero-order valence-electron chi connectivity index (χ0n) is 20.4. The Morgan fingerprint density at radius 2 is 1.83 bits per heavy atom. The number of rotatable bonds is 9. The van der Waals surface area contributed by atoms with Gasteiger partial charge in [-0.05, 0) is 66.4 Å². The number of nitrogens with two attached hydrogens (primary N) is 1. The number of anilines is 2. The summed E-state index contributed by atoms with van der Waals surface area (Å²) in [4.78, 5) is 25.7. The van der Waals surface area contributed by atoms with Gasteiger partial charge in [-0.1, -0.05) is 35.9 Å². The Hall–Kier alpha value is -3.20. The van der Waals surface area contributed by atoms with Crippen LogP contribution >= 0.6 is 11.6 Å². The van der Waals surface area contributed by atoms with E-state index in [4.69, 9.17) is 26.8 Å². The van der Waals surface area contributed by atoms with Crippen LogP contribution in [-0.4, -0.2) is 54.2 Å². The smallest absolute Gasteiger partial charge is 0.320 e. The maximum Gasteiger partial charge on any atom is 0.320 e. The highest BCUT2D eigenvalue weighted by molar-refractivity contribution is 6.31. The molecular weight excluding hydrogens is 478 g/mol. The van der Waals surface area contributed by atoms with Crippen LogP contribution in [0.3, 0.4) is 0 Å². The van der Waals surface area contributed by atoms with Crippen molar-refractivity contribution in [3.63, 3.8) is 0 Å². The standard InChI is InChI=1S/C27H30ClN5O3/c1-35-11-12-36-27-30-25(29)22-15-24(34)33(26(22)31-27)17-21-14-20(7-8-23(21)28)19-6-4-5-18(13-19)16-32-9-2-3-10-32/h4-8,13-14H,2-3,9-12,15-17H2,1H3,(H2,29,30,31). The summed E-state index contributed by atoms with van der Waals surface area (Å²) >= 11 is 6.59. The normalized spacial score (nSPS) is 15.5.